The Balaban J connectivity index is 1.47. The van der Waals surface area contributed by atoms with Crippen LogP contribution in [0.25, 0.3) is 27.9 Å². The lowest BCUT2D eigenvalue weighted by atomic mass is 10.1. The fraction of sp³-hybridized carbons (Fsp3) is 0.0417. The highest BCUT2D eigenvalue weighted by molar-refractivity contribution is 6.05. The van der Waals surface area contributed by atoms with Crippen molar-refractivity contribution in [3.05, 3.63) is 101 Å². The number of anilines is 1. The van der Waals surface area contributed by atoms with Crippen LogP contribution in [0, 0.1) is 6.92 Å². The smallest absolute Gasteiger partial charge is 0.349 e. The van der Waals surface area contributed by atoms with Crippen LogP contribution in [-0.2, 0) is 0 Å². The summed E-state index contributed by atoms with van der Waals surface area (Å²) in [7, 11) is 0. The molecule has 0 fully saturated rings. The molecule has 6 nitrogen and oxygen atoms in total. The van der Waals surface area contributed by atoms with Crippen molar-refractivity contribution < 1.29 is 9.21 Å². The first-order valence-corrected chi connectivity index (χ1v) is 9.48. The van der Waals surface area contributed by atoms with Gasteiger partial charge in [0, 0.05) is 28.5 Å². The fourth-order valence-electron chi connectivity index (χ4n) is 3.46. The second-order valence-corrected chi connectivity index (χ2v) is 7.04. The number of aromatic nitrogens is 2. The molecule has 1 N–H and O–H groups in total. The van der Waals surface area contributed by atoms with E-state index in [2.05, 4.69) is 10.3 Å². The Morgan fingerprint density at radius 2 is 1.83 bits per heavy atom. The van der Waals surface area contributed by atoms with Crippen LogP contribution in [0.4, 0.5) is 5.69 Å². The predicted molar refractivity (Wildman–Crippen MR) is 116 cm³/mol. The van der Waals surface area contributed by atoms with Crippen molar-refractivity contribution in [2.75, 3.05) is 5.32 Å². The van der Waals surface area contributed by atoms with Gasteiger partial charge >= 0.3 is 5.63 Å². The SMILES string of the molecule is Cc1cccc2nc(-c3cccc(NC(=O)c4cc5ccccc5oc4=O)c3)cn12. The summed E-state index contributed by atoms with van der Waals surface area (Å²) in [5.74, 6) is -0.516. The molecule has 5 rings (SSSR count). The van der Waals surface area contributed by atoms with Crippen molar-refractivity contribution in [1.29, 1.82) is 0 Å². The monoisotopic (exact) mass is 395 g/mol. The third-order valence-electron chi connectivity index (χ3n) is 5.00. The van der Waals surface area contributed by atoms with Crippen molar-refractivity contribution in [1.82, 2.24) is 9.38 Å². The number of hydrogen-bond donors (Lipinski definition) is 1. The number of benzene rings is 2. The van der Waals surface area contributed by atoms with Gasteiger partial charge in [-0.2, -0.15) is 0 Å². The van der Waals surface area contributed by atoms with Gasteiger partial charge in [0.2, 0.25) is 0 Å². The summed E-state index contributed by atoms with van der Waals surface area (Å²) in [6.07, 6.45) is 1.96. The molecule has 0 bridgehead atoms. The van der Waals surface area contributed by atoms with Crippen LogP contribution in [0.2, 0.25) is 0 Å². The van der Waals surface area contributed by atoms with Gasteiger partial charge in [-0.3, -0.25) is 4.79 Å². The van der Waals surface area contributed by atoms with Gasteiger partial charge in [-0.25, -0.2) is 9.78 Å². The molecule has 1 amide bonds. The molecule has 0 spiro atoms. The van der Waals surface area contributed by atoms with E-state index in [-0.39, 0.29) is 5.56 Å². The van der Waals surface area contributed by atoms with Gasteiger partial charge in [-0.15, -0.1) is 0 Å². The highest BCUT2D eigenvalue weighted by Crippen LogP contribution is 2.23. The van der Waals surface area contributed by atoms with Crippen LogP contribution in [0.1, 0.15) is 16.1 Å². The average Bonchev–Trinajstić information content (AvgIpc) is 3.19. The second kappa shape index (κ2) is 7.00. The lowest BCUT2D eigenvalue weighted by Crippen LogP contribution is -2.20. The highest BCUT2D eigenvalue weighted by atomic mass is 16.4. The first kappa shape index (κ1) is 17.9. The topological polar surface area (TPSA) is 76.6 Å². The third kappa shape index (κ3) is 3.14. The van der Waals surface area contributed by atoms with Crippen LogP contribution < -0.4 is 10.9 Å². The lowest BCUT2D eigenvalue weighted by molar-refractivity contribution is 0.102. The zero-order valence-corrected chi connectivity index (χ0v) is 16.1. The number of nitrogens with zero attached hydrogens (tertiary/aromatic N) is 2. The minimum atomic E-state index is -0.668. The number of para-hydroxylation sites is 1. The molecule has 5 aromatic rings. The first-order valence-electron chi connectivity index (χ1n) is 9.48. The van der Waals surface area contributed by atoms with E-state index >= 15 is 0 Å². The molecule has 30 heavy (non-hydrogen) atoms. The van der Waals surface area contributed by atoms with Crippen LogP contribution in [0.5, 0.6) is 0 Å². The Morgan fingerprint density at radius 3 is 2.70 bits per heavy atom. The van der Waals surface area contributed by atoms with Crippen molar-refractivity contribution in [3.63, 3.8) is 0 Å². The van der Waals surface area contributed by atoms with E-state index in [1.54, 1.807) is 30.3 Å². The third-order valence-corrected chi connectivity index (χ3v) is 5.00. The number of carbonyl (C=O) groups is 1. The molecule has 146 valence electrons. The van der Waals surface area contributed by atoms with Crippen molar-refractivity contribution >= 4 is 28.2 Å². The summed E-state index contributed by atoms with van der Waals surface area (Å²) in [5, 5.41) is 3.48. The van der Waals surface area contributed by atoms with E-state index < -0.39 is 11.5 Å². The standard InChI is InChI=1S/C24H17N3O3/c1-15-6-4-11-22-26-20(14-27(15)22)16-8-5-9-18(12-16)25-23(28)19-13-17-7-2-3-10-21(17)30-24(19)29/h2-14H,1H3,(H,25,28). The van der Waals surface area contributed by atoms with E-state index in [1.807, 2.05) is 60.0 Å². The molecule has 0 unspecified atom stereocenters. The molecule has 6 heteroatoms. The number of pyridine rings is 1. The number of carbonyl (C=O) groups excluding carboxylic acids is 1. The summed E-state index contributed by atoms with van der Waals surface area (Å²) in [6.45, 7) is 2.02. The van der Waals surface area contributed by atoms with Gasteiger partial charge in [0.1, 0.15) is 16.8 Å². The maximum absolute atomic E-state index is 12.7. The normalized spacial score (nSPS) is 11.1. The Kier molecular flexibility index (Phi) is 4.17. The summed E-state index contributed by atoms with van der Waals surface area (Å²) in [6, 6.07) is 21.9. The van der Waals surface area contributed by atoms with E-state index in [0.29, 0.717) is 16.7 Å². The molecule has 0 aliphatic rings. The lowest BCUT2D eigenvalue weighted by Gasteiger charge is -2.06. The molecule has 0 saturated heterocycles. The molecule has 0 radical (unpaired) electrons. The molecule has 0 atom stereocenters. The quantitative estimate of drug-likeness (QED) is 0.451. The predicted octanol–water partition coefficient (Wildman–Crippen LogP) is 4.67. The zero-order valence-electron chi connectivity index (χ0n) is 16.1. The number of nitrogens with one attached hydrogen (secondary N) is 1. The molecule has 2 aromatic carbocycles. The Labute approximate surface area is 171 Å². The summed E-state index contributed by atoms with van der Waals surface area (Å²) in [5.41, 5.74) is 3.90. The van der Waals surface area contributed by atoms with Gasteiger partial charge in [-0.1, -0.05) is 36.4 Å². The fourth-order valence-corrected chi connectivity index (χ4v) is 3.46. The average molecular weight is 395 g/mol. The van der Waals surface area contributed by atoms with Gasteiger partial charge in [-0.05, 0) is 43.3 Å². The van der Waals surface area contributed by atoms with Crippen molar-refractivity contribution in [2.24, 2.45) is 0 Å². The second-order valence-electron chi connectivity index (χ2n) is 7.04. The van der Waals surface area contributed by atoms with Crippen LogP contribution in [-0.4, -0.2) is 15.3 Å². The largest absolute Gasteiger partial charge is 0.422 e. The number of imidazole rings is 1. The highest BCUT2D eigenvalue weighted by Gasteiger charge is 2.14. The van der Waals surface area contributed by atoms with E-state index in [9.17, 15) is 9.59 Å². The minimum absolute atomic E-state index is 0.0394. The molecule has 0 saturated carbocycles. The first-order chi connectivity index (χ1) is 14.6. The molecular weight excluding hydrogens is 378 g/mol. The number of fused-ring (bicyclic) bond motifs is 2. The van der Waals surface area contributed by atoms with Gasteiger partial charge in [0.05, 0.1) is 5.69 Å². The number of aryl methyl sites for hydroxylation is 1. The molecule has 3 heterocycles. The number of amides is 1. The van der Waals surface area contributed by atoms with Gasteiger partial charge in [0.15, 0.2) is 0 Å². The molecule has 0 aliphatic carbocycles. The van der Waals surface area contributed by atoms with E-state index in [4.69, 9.17) is 4.42 Å². The molecule has 0 aliphatic heterocycles. The summed E-state index contributed by atoms with van der Waals surface area (Å²) in [4.78, 5) is 29.6. The maximum Gasteiger partial charge on any atom is 0.349 e. The van der Waals surface area contributed by atoms with Crippen LogP contribution >= 0.6 is 0 Å². The number of rotatable bonds is 3. The van der Waals surface area contributed by atoms with Crippen LogP contribution in [0.3, 0.4) is 0 Å². The van der Waals surface area contributed by atoms with Gasteiger partial charge in [0.25, 0.3) is 5.91 Å². The maximum atomic E-state index is 12.7. The Morgan fingerprint density at radius 1 is 1.00 bits per heavy atom. The summed E-state index contributed by atoms with van der Waals surface area (Å²) < 4.78 is 7.28. The minimum Gasteiger partial charge on any atom is -0.422 e. The zero-order chi connectivity index (χ0) is 20.7. The van der Waals surface area contributed by atoms with E-state index in [1.165, 1.54) is 0 Å². The van der Waals surface area contributed by atoms with Crippen molar-refractivity contribution in [2.45, 2.75) is 6.92 Å². The Hall–Kier alpha value is -4.19. The molecular formula is C24H17N3O3. The number of hydrogen-bond acceptors (Lipinski definition) is 4. The Bertz CT molecular complexity index is 1480. The van der Waals surface area contributed by atoms with Gasteiger partial charge < -0.3 is 14.1 Å². The van der Waals surface area contributed by atoms with E-state index in [0.717, 1.165) is 22.6 Å². The molecule has 3 aromatic heterocycles. The van der Waals surface area contributed by atoms with Crippen molar-refractivity contribution in [3.8, 4) is 11.3 Å². The van der Waals surface area contributed by atoms with Crippen LogP contribution in [0.15, 0.2) is 88.2 Å². The summed E-state index contributed by atoms with van der Waals surface area (Å²) >= 11 is 0.